The maximum Gasteiger partial charge on any atom is 0.256 e. The number of carbonyl (C=O) groups excluding carboxylic acids is 1. The zero-order valence-electron chi connectivity index (χ0n) is 11.4. The molecule has 0 fully saturated rings. The lowest BCUT2D eigenvalue weighted by atomic mass is 10.1. The van der Waals surface area contributed by atoms with Crippen molar-refractivity contribution in [3.63, 3.8) is 0 Å². The van der Waals surface area contributed by atoms with E-state index in [-0.39, 0.29) is 17.9 Å². The molecule has 0 bridgehead atoms. The van der Waals surface area contributed by atoms with Crippen LogP contribution in [-0.2, 0) is 6.54 Å². The van der Waals surface area contributed by atoms with Gasteiger partial charge in [-0.25, -0.2) is 8.78 Å². The van der Waals surface area contributed by atoms with Gasteiger partial charge in [0.05, 0.1) is 5.56 Å². The van der Waals surface area contributed by atoms with E-state index in [0.29, 0.717) is 11.1 Å². The van der Waals surface area contributed by atoms with Crippen LogP contribution in [0.3, 0.4) is 0 Å². The van der Waals surface area contributed by atoms with Crippen molar-refractivity contribution < 1.29 is 13.6 Å². The number of hydrogen-bond acceptors (Lipinski definition) is 1. The first-order valence-corrected chi connectivity index (χ1v) is 6.24. The molecule has 1 amide bonds. The van der Waals surface area contributed by atoms with Crippen molar-refractivity contribution in [2.75, 3.05) is 7.05 Å². The van der Waals surface area contributed by atoms with Crippen LogP contribution < -0.4 is 0 Å². The molecule has 0 radical (unpaired) electrons. The Morgan fingerprint density at radius 2 is 1.85 bits per heavy atom. The lowest BCUT2D eigenvalue weighted by molar-refractivity contribution is 0.0780. The minimum absolute atomic E-state index is 0.0314. The Kier molecular flexibility index (Phi) is 4.13. The van der Waals surface area contributed by atoms with E-state index < -0.39 is 11.7 Å². The summed E-state index contributed by atoms with van der Waals surface area (Å²) < 4.78 is 27.0. The molecule has 0 N–H and O–H groups in total. The van der Waals surface area contributed by atoms with Gasteiger partial charge in [0.1, 0.15) is 11.6 Å². The van der Waals surface area contributed by atoms with Crippen molar-refractivity contribution in [1.82, 2.24) is 4.90 Å². The monoisotopic (exact) mass is 275 g/mol. The minimum atomic E-state index is -0.511. The van der Waals surface area contributed by atoms with E-state index in [4.69, 9.17) is 0 Å². The highest BCUT2D eigenvalue weighted by Gasteiger charge is 2.17. The van der Waals surface area contributed by atoms with Gasteiger partial charge in [-0.05, 0) is 36.2 Å². The molecule has 0 unspecified atom stereocenters. The number of aryl methyl sites for hydroxylation is 1. The molecule has 0 aromatic heterocycles. The largest absolute Gasteiger partial charge is 0.337 e. The van der Waals surface area contributed by atoms with Crippen LogP contribution >= 0.6 is 0 Å². The third-order valence-corrected chi connectivity index (χ3v) is 3.08. The van der Waals surface area contributed by atoms with Crippen molar-refractivity contribution in [1.29, 1.82) is 0 Å². The van der Waals surface area contributed by atoms with E-state index in [1.165, 1.54) is 23.1 Å². The molecule has 0 aliphatic rings. The predicted octanol–water partition coefficient (Wildman–Crippen LogP) is 3.55. The zero-order chi connectivity index (χ0) is 14.7. The summed E-state index contributed by atoms with van der Waals surface area (Å²) in [6.45, 7) is 1.84. The first-order chi connectivity index (χ1) is 9.49. The fourth-order valence-corrected chi connectivity index (χ4v) is 2.00. The Balaban J connectivity index is 2.19. The summed E-state index contributed by atoms with van der Waals surface area (Å²) in [5.74, 6) is -1.29. The molecule has 0 aliphatic carbocycles. The lowest BCUT2D eigenvalue weighted by Gasteiger charge is -2.18. The summed E-state index contributed by atoms with van der Waals surface area (Å²) in [7, 11) is 1.56. The smallest absolute Gasteiger partial charge is 0.256 e. The van der Waals surface area contributed by atoms with Crippen LogP contribution in [-0.4, -0.2) is 17.9 Å². The van der Waals surface area contributed by atoms with Crippen LogP contribution in [0.4, 0.5) is 8.78 Å². The van der Waals surface area contributed by atoms with E-state index in [9.17, 15) is 13.6 Å². The standard InChI is InChI=1S/C16H15F2NO/c1-11-5-3-8-14(15(11)18)16(20)19(2)10-12-6-4-7-13(17)9-12/h3-9H,10H2,1-2H3. The summed E-state index contributed by atoms with van der Waals surface area (Å²) in [5.41, 5.74) is 1.12. The first-order valence-electron chi connectivity index (χ1n) is 6.24. The third kappa shape index (κ3) is 3.02. The van der Waals surface area contributed by atoms with Crippen LogP contribution in [0.15, 0.2) is 42.5 Å². The SMILES string of the molecule is Cc1cccc(C(=O)N(C)Cc2cccc(F)c2)c1F. The number of carbonyl (C=O) groups is 1. The maximum atomic E-state index is 13.9. The predicted molar refractivity (Wildman–Crippen MR) is 73.3 cm³/mol. The molecule has 4 heteroatoms. The second-order valence-corrected chi connectivity index (χ2v) is 4.73. The normalized spacial score (nSPS) is 10.4. The summed E-state index contributed by atoms with van der Waals surface area (Å²) in [4.78, 5) is 13.6. The molecule has 2 rings (SSSR count). The zero-order valence-corrected chi connectivity index (χ0v) is 11.4. The fraction of sp³-hybridized carbons (Fsp3) is 0.188. The van der Waals surface area contributed by atoms with Gasteiger partial charge in [-0.3, -0.25) is 4.79 Å². The molecule has 2 aromatic rings. The van der Waals surface area contributed by atoms with Crippen LogP contribution in [0.2, 0.25) is 0 Å². The number of amides is 1. The number of nitrogens with zero attached hydrogens (tertiary/aromatic N) is 1. The highest BCUT2D eigenvalue weighted by molar-refractivity contribution is 5.94. The van der Waals surface area contributed by atoms with E-state index in [2.05, 4.69) is 0 Å². The molecule has 2 nitrogen and oxygen atoms in total. The molecule has 2 aromatic carbocycles. The maximum absolute atomic E-state index is 13.9. The van der Waals surface area contributed by atoms with Gasteiger partial charge in [-0.1, -0.05) is 24.3 Å². The van der Waals surface area contributed by atoms with Crippen molar-refractivity contribution in [3.8, 4) is 0 Å². The van der Waals surface area contributed by atoms with Crippen molar-refractivity contribution in [2.24, 2.45) is 0 Å². The summed E-state index contributed by atoms with van der Waals surface area (Å²) >= 11 is 0. The second-order valence-electron chi connectivity index (χ2n) is 4.73. The van der Waals surface area contributed by atoms with Gasteiger partial charge >= 0.3 is 0 Å². The molecule has 0 saturated heterocycles. The van der Waals surface area contributed by atoms with Gasteiger partial charge in [0.2, 0.25) is 0 Å². The Morgan fingerprint density at radius 3 is 2.55 bits per heavy atom. The fourth-order valence-electron chi connectivity index (χ4n) is 2.00. The highest BCUT2D eigenvalue weighted by Crippen LogP contribution is 2.15. The van der Waals surface area contributed by atoms with Gasteiger partial charge in [-0.2, -0.15) is 0 Å². The van der Waals surface area contributed by atoms with Crippen LogP contribution in [0.1, 0.15) is 21.5 Å². The van der Waals surface area contributed by atoms with Gasteiger partial charge in [-0.15, -0.1) is 0 Å². The highest BCUT2D eigenvalue weighted by atomic mass is 19.1. The van der Waals surface area contributed by atoms with Gasteiger partial charge in [0.25, 0.3) is 5.91 Å². The topological polar surface area (TPSA) is 20.3 Å². The molecule has 104 valence electrons. The van der Waals surface area contributed by atoms with Gasteiger partial charge in [0.15, 0.2) is 0 Å². The third-order valence-electron chi connectivity index (χ3n) is 3.08. The van der Waals surface area contributed by atoms with Crippen molar-refractivity contribution in [3.05, 3.63) is 70.8 Å². The number of rotatable bonds is 3. The van der Waals surface area contributed by atoms with Gasteiger partial charge < -0.3 is 4.90 Å². The van der Waals surface area contributed by atoms with Gasteiger partial charge in [0, 0.05) is 13.6 Å². The Morgan fingerprint density at radius 1 is 1.15 bits per heavy atom. The van der Waals surface area contributed by atoms with E-state index in [0.717, 1.165) is 0 Å². The summed E-state index contributed by atoms with van der Waals surface area (Å²) in [6.07, 6.45) is 0. The van der Waals surface area contributed by atoms with Crippen LogP contribution in [0.5, 0.6) is 0 Å². The lowest BCUT2D eigenvalue weighted by Crippen LogP contribution is -2.27. The first kappa shape index (κ1) is 14.2. The molecule has 0 heterocycles. The van der Waals surface area contributed by atoms with Crippen molar-refractivity contribution >= 4 is 5.91 Å². The van der Waals surface area contributed by atoms with E-state index in [1.807, 2.05) is 0 Å². The molecule has 0 aliphatic heterocycles. The number of halogens is 2. The van der Waals surface area contributed by atoms with E-state index >= 15 is 0 Å². The van der Waals surface area contributed by atoms with Crippen molar-refractivity contribution in [2.45, 2.75) is 13.5 Å². The van der Waals surface area contributed by atoms with Crippen LogP contribution in [0, 0.1) is 18.6 Å². The molecule has 0 saturated carbocycles. The minimum Gasteiger partial charge on any atom is -0.337 e. The Bertz CT molecular complexity index is 640. The Labute approximate surface area is 116 Å². The van der Waals surface area contributed by atoms with E-state index in [1.54, 1.807) is 38.2 Å². The molecular weight excluding hydrogens is 260 g/mol. The average Bonchev–Trinajstić information content (AvgIpc) is 2.41. The molecule has 0 atom stereocenters. The summed E-state index contributed by atoms with van der Waals surface area (Å²) in [6, 6.07) is 10.7. The molecule has 20 heavy (non-hydrogen) atoms. The number of hydrogen-bond donors (Lipinski definition) is 0. The quantitative estimate of drug-likeness (QED) is 0.839. The number of benzene rings is 2. The van der Waals surface area contributed by atoms with Crippen LogP contribution in [0.25, 0.3) is 0 Å². The Hall–Kier alpha value is -2.23. The molecule has 0 spiro atoms. The summed E-state index contributed by atoms with van der Waals surface area (Å²) in [5, 5.41) is 0. The second kappa shape index (κ2) is 5.82. The molecular formula is C16H15F2NO. The average molecular weight is 275 g/mol.